The predicted octanol–water partition coefficient (Wildman–Crippen LogP) is -6.47. The molecule has 1 N–H and O–H groups in total. The van der Waals surface area contributed by atoms with Crippen LogP contribution < -0.4 is 32.6 Å². The Kier molecular flexibility index (Phi) is 3.25. The lowest BCUT2D eigenvalue weighted by Crippen LogP contribution is -2.55. The molecule has 0 radical (unpaired) electrons. The molecule has 66 valence electrons. The Morgan fingerprint density at radius 3 is 1.50 bits per heavy atom. The van der Waals surface area contributed by atoms with E-state index in [1.807, 2.05) is 0 Å². The maximum atomic E-state index is 3.71. The molecule has 0 amide bonds. The fourth-order valence-corrected chi connectivity index (χ4v) is 1.82. The summed E-state index contributed by atoms with van der Waals surface area (Å²) in [4.78, 5) is 0. The molecule has 0 fully saturated rings. The normalized spacial score (nSPS) is 9.71. The van der Waals surface area contributed by atoms with Crippen LogP contribution in [0.5, 0.6) is 0 Å². The van der Waals surface area contributed by atoms with Crippen molar-refractivity contribution in [3.8, 4) is 0 Å². The van der Waals surface area contributed by atoms with Crippen molar-refractivity contribution in [1.82, 2.24) is 0 Å². The summed E-state index contributed by atoms with van der Waals surface area (Å²) in [7, 11) is 10.8. The SMILES string of the molecule is Bc1c(B)c(B)c(NC=C)c(B)c1B. The van der Waals surface area contributed by atoms with E-state index in [-0.39, 0.29) is 0 Å². The van der Waals surface area contributed by atoms with E-state index < -0.39 is 0 Å². The van der Waals surface area contributed by atoms with Crippen LogP contribution in [0.25, 0.3) is 0 Å². The van der Waals surface area contributed by atoms with Crippen LogP contribution in [0.1, 0.15) is 0 Å². The molecular formula is C8H14B5N. The number of anilines is 1. The van der Waals surface area contributed by atoms with Gasteiger partial charge in [-0.3, -0.25) is 0 Å². The Morgan fingerprint density at radius 1 is 0.786 bits per heavy atom. The minimum Gasteiger partial charge on any atom is -0.363 e. The first kappa shape index (κ1) is 11.2. The Bertz CT molecular complexity index is 359. The molecule has 1 rings (SSSR count). The highest BCUT2D eigenvalue weighted by Crippen LogP contribution is 1.92. The van der Waals surface area contributed by atoms with E-state index in [4.69, 9.17) is 0 Å². The lowest BCUT2D eigenvalue weighted by molar-refractivity contribution is 1.70. The van der Waals surface area contributed by atoms with Crippen molar-refractivity contribution >= 4 is 72.2 Å². The summed E-state index contributed by atoms with van der Waals surface area (Å²) in [6.45, 7) is 3.71. The summed E-state index contributed by atoms with van der Waals surface area (Å²) >= 11 is 0. The van der Waals surface area contributed by atoms with Crippen molar-refractivity contribution in [1.29, 1.82) is 0 Å². The highest BCUT2D eigenvalue weighted by molar-refractivity contribution is 6.68. The van der Waals surface area contributed by atoms with E-state index in [1.54, 1.807) is 6.20 Å². The Labute approximate surface area is 90.8 Å². The Balaban J connectivity index is 3.50. The molecular weight excluding hydrogens is 164 g/mol. The third-order valence-electron chi connectivity index (χ3n) is 3.25. The molecule has 1 aromatic rings. The van der Waals surface area contributed by atoms with E-state index in [1.165, 1.54) is 33.0 Å². The highest BCUT2D eigenvalue weighted by Gasteiger charge is 2.09. The quantitative estimate of drug-likeness (QED) is 0.444. The van der Waals surface area contributed by atoms with Crippen LogP contribution in [0, 0.1) is 0 Å². The van der Waals surface area contributed by atoms with Gasteiger partial charge in [0.15, 0.2) is 0 Å². The average molecular weight is 178 g/mol. The lowest BCUT2D eigenvalue weighted by Gasteiger charge is -2.19. The summed E-state index contributed by atoms with van der Waals surface area (Å²) < 4.78 is 0. The summed E-state index contributed by atoms with van der Waals surface area (Å²) in [6.07, 6.45) is 1.74. The number of hydrogen-bond donors (Lipinski definition) is 1. The minimum atomic E-state index is 1.21. The number of rotatable bonds is 2. The van der Waals surface area contributed by atoms with Crippen LogP contribution in [0.15, 0.2) is 12.8 Å². The second-order valence-corrected chi connectivity index (χ2v) is 3.85. The van der Waals surface area contributed by atoms with Crippen molar-refractivity contribution in [3.05, 3.63) is 12.8 Å². The van der Waals surface area contributed by atoms with E-state index in [0.717, 1.165) is 0 Å². The van der Waals surface area contributed by atoms with Gasteiger partial charge in [0, 0.05) is 5.69 Å². The molecule has 0 saturated carbocycles. The molecule has 6 heteroatoms. The summed E-state index contributed by atoms with van der Waals surface area (Å²) in [6, 6.07) is 0. The minimum absolute atomic E-state index is 1.21. The maximum absolute atomic E-state index is 3.71. The summed E-state index contributed by atoms with van der Waals surface area (Å²) in [5, 5.41) is 3.22. The smallest absolute Gasteiger partial charge is 0.141 e. The van der Waals surface area contributed by atoms with E-state index in [2.05, 4.69) is 51.1 Å². The van der Waals surface area contributed by atoms with Gasteiger partial charge in [0.25, 0.3) is 0 Å². The van der Waals surface area contributed by atoms with Gasteiger partial charge in [0.1, 0.15) is 39.2 Å². The van der Waals surface area contributed by atoms with E-state index >= 15 is 0 Å². The topological polar surface area (TPSA) is 12.0 Å². The van der Waals surface area contributed by atoms with Gasteiger partial charge in [0.05, 0.1) is 0 Å². The third kappa shape index (κ3) is 1.66. The van der Waals surface area contributed by atoms with Crippen molar-refractivity contribution in [2.75, 3.05) is 5.32 Å². The van der Waals surface area contributed by atoms with Gasteiger partial charge >= 0.3 is 0 Å². The van der Waals surface area contributed by atoms with Crippen LogP contribution in [-0.2, 0) is 0 Å². The van der Waals surface area contributed by atoms with Gasteiger partial charge in [-0.1, -0.05) is 28.4 Å². The van der Waals surface area contributed by atoms with Crippen LogP contribution in [0.3, 0.4) is 0 Å². The van der Waals surface area contributed by atoms with Gasteiger partial charge in [-0.25, -0.2) is 0 Å². The molecule has 0 unspecified atom stereocenters. The van der Waals surface area contributed by atoms with Crippen LogP contribution >= 0.6 is 0 Å². The summed E-state index contributed by atoms with van der Waals surface area (Å²) in [5.74, 6) is 0. The largest absolute Gasteiger partial charge is 0.363 e. The van der Waals surface area contributed by atoms with Crippen LogP contribution in [0.4, 0.5) is 5.69 Å². The molecule has 0 heterocycles. The molecule has 0 aliphatic rings. The fraction of sp³-hybridized carbons (Fsp3) is 0. The number of benzene rings is 1. The molecule has 1 nitrogen and oxygen atoms in total. The first-order chi connectivity index (χ1) is 6.50. The zero-order valence-electron chi connectivity index (χ0n) is 9.78. The second-order valence-electron chi connectivity index (χ2n) is 3.85. The zero-order valence-corrected chi connectivity index (χ0v) is 9.78. The molecule has 0 spiro atoms. The molecule has 0 atom stereocenters. The van der Waals surface area contributed by atoms with Gasteiger partial charge in [-0.2, -0.15) is 0 Å². The van der Waals surface area contributed by atoms with Crippen LogP contribution in [-0.4, -0.2) is 39.2 Å². The molecule has 1 aromatic carbocycles. The van der Waals surface area contributed by atoms with Gasteiger partial charge in [-0.05, 0) is 6.20 Å². The van der Waals surface area contributed by atoms with E-state index in [0.29, 0.717) is 0 Å². The first-order valence-electron chi connectivity index (χ1n) is 4.95. The van der Waals surface area contributed by atoms with Crippen LogP contribution in [0.2, 0.25) is 0 Å². The lowest BCUT2D eigenvalue weighted by atomic mass is 9.62. The number of nitrogens with one attached hydrogen (secondary N) is 1. The molecule has 0 saturated heterocycles. The molecule has 14 heavy (non-hydrogen) atoms. The predicted molar refractivity (Wildman–Crippen MR) is 81.2 cm³/mol. The molecule has 0 aliphatic carbocycles. The monoisotopic (exact) mass is 179 g/mol. The third-order valence-corrected chi connectivity index (χ3v) is 3.25. The standard InChI is InChI=1S/C8H14B5N/c1-2-14-8-6(12)4(10)3(9)5(11)7(8)13/h2,14H,1,9-13H2. The number of hydrogen-bond acceptors (Lipinski definition) is 1. The van der Waals surface area contributed by atoms with Gasteiger partial charge in [0.2, 0.25) is 0 Å². The fourth-order valence-electron chi connectivity index (χ4n) is 1.82. The maximum Gasteiger partial charge on any atom is 0.141 e. The summed E-state index contributed by atoms with van der Waals surface area (Å²) in [5.41, 5.74) is 8.00. The molecule has 0 aromatic heterocycles. The zero-order chi connectivity index (χ0) is 10.9. The van der Waals surface area contributed by atoms with Gasteiger partial charge in [-0.15, -0.1) is 5.46 Å². The van der Waals surface area contributed by atoms with Crippen molar-refractivity contribution < 1.29 is 0 Å². The highest BCUT2D eigenvalue weighted by atomic mass is 14.8. The van der Waals surface area contributed by atoms with Crippen molar-refractivity contribution in [2.45, 2.75) is 0 Å². The van der Waals surface area contributed by atoms with Crippen molar-refractivity contribution in [3.63, 3.8) is 0 Å². The second kappa shape index (κ2) is 4.08. The first-order valence-corrected chi connectivity index (χ1v) is 4.95. The van der Waals surface area contributed by atoms with Gasteiger partial charge < -0.3 is 5.32 Å². The van der Waals surface area contributed by atoms with Crippen molar-refractivity contribution in [2.24, 2.45) is 0 Å². The molecule has 0 bridgehead atoms. The average Bonchev–Trinajstić information content (AvgIpc) is 2.19. The Hall–Kier alpha value is -0.915. The molecule has 0 aliphatic heterocycles. The van der Waals surface area contributed by atoms with E-state index in [9.17, 15) is 0 Å². The Morgan fingerprint density at radius 2 is 1.14 bits per heavy atom.